The lowest BCUT2D eigenvalue weighted by Gasteiger charge is -2.30. The molecule has 0 saturated carbocycles. The first kappa shape index (κ1) is 16.3. The van der Waals surface area contributed by atoms with E-state index >= 15 is 0 Å². The second-order valence-electron chi connectivity index (χ2n) is 5.43. The van der Waals surface area contributed by atoms with Gasteiger partial charge in [0.2, 0.25) is 0 Å². The first-order valence-electron chi connectivity index (χ1n) is 7.50. The largest absolute Gasteiger partial charge is 0.466 e. The van der Waals surface area contributed by atoms with Gasteiger partial charge in [-0.15, -0.1) is 0 Å². The molecular weight excluding hydrogens is 287 g/mol. The van der Waals surface area contributed by atoms with Crippen LogP contribution >= 0.6 is 0 Å². The molecule has 1 aliphatic rings. The highest BCUT2D eigenvalue weighted by molar-refractivity contribution is 5.89. The Balaban J connectivity index is 1.88. The molecule has 0 atom stereocenters. The average molecular weight is 308 g/mol. The van der Waals surface area contributed by atoms with Crippen LogP contribution in [0.5, 0.6) is 0 Å². The van der Waals surface area contributed by atoms with Crippen LogP contribution in [0.4, 0.5) is 14.9 Å². The second kappa shape index (κ2) is 7.24. The summed E-state index contributed by atoms with van der Waals surface area (Å²) >= 11 is 0. The molecule has 1 saturated heterocycles. The molecule has 0 aliphatic carbocycles. The minimum Gasteiger partial charge on any atom is -0.466 e. The number of esters is 1. The maximum Gasteiger partial charge on any atom is 0.321 e. The van der Waals surface area contributed by atoms with Crippen LogP contribution in [0.1, 0.15) is 25.3 Å². The number of piperidine rings is 1. The van der Waals surface area contributed by atoms with Gasteiger partial charge in [0.25, 0.3) is 0 Å². The van der Waals surface area contributed by atoms with Crippen molar-refractivity contribution < 1.29 is 18.7 Å². The molecule has 0 radical (unpaired) electrons. The number of ether oxygens (including phenoxy) is 1. The number of urea groups is 1. The third kappa shape index (κ3) is 3.96. The molecule has 120 valence electrons. The fraction of sp³-hybridized carbons (Fsp3) is 0.500. The zero-order valence-corrected chi connectivity index (χ0v) is 12.9. The lowest BCUT2D eigenvalue weighted by atomic mass is 9.97. The minimum atomic E-state index is -0.449. The number of halogens is 1. The topological polar surface area (TPSA) is 58.6 Å². The Kier molecular flexibility index (Phi) is 5.35. The molecule has 1 fully saturated rings. The van der Waals surface area contributed by atoms with Crippen molar-refractivity contribution >= 4 is 17.7 Å². The van der Waals surface area contributed by atoms with Crippen LogP contribution in [0.25, 0.3) is 0 Å². The number of rotatable bonds is 3. The zero-order valence-electron chi connectivity index (χ0n) is 12.9. The average Bonchev–Trinajstić information content (AvgIpc) is 2.50. The summed E-state index contributed by atoms with van der Waals surface area (Å²) in [5.41, 5.74) is 0.967. The number of benzene rings is 1. The SMILES string of the molecule is CCOC(=O)C1CCN(C(=O)Nc2ccc(C)cc2F)CC1. The number of hydrogen-bond donors (Lipinski definition) is 1. The van der Waals surface area contributed by atoms with Gasteiger partial charge in [-0.2, -0.15) is 0 Å². The first-order valence-corrected chi connectivity index (χ1v) is 7.50. The molecule has 1 aromatic rings. The number of carbonyl (C=O) groups is 2. The minimum absolute atomic E-state index is 0.153. The van der Waals surface area contributed by atoms with Crippen LogP contribution in [-0.2, 0) is 9.53 Å². The van der Waals surface area contributed by atoms with Crippen molar-refractivity contribution in [2.45, 2.75) is 26.7 Å². The highest BCUT2D eigenvalue weighted by atomic mass is 19.1. The van der Waals surface area contributed by atoms with Crippen molar-refractivity contribution in [3.63, 3.8) is 0 Å². The highest BCUT2D eigenvalue weighted by Gasteiger charge is 2.28. The number of likely N-dealkylation sites (tertiary alicyclic amines) is 1. The summed E-state index contributed by atoms with van der Waals surface area (Å²) in [6, 6.07) is 4.33. The normalized spacial score (nSPS) is 15.5. The summed E-state index contributed by atoms with van der Waals surface area (Å²) < 4.78 is 18.7. The summed E-state index contributed by atoms with van der Waals surface area (Å²) in [6.07, 6.45) is 1.14. The van der Waals surface area contributed by atoms with Gasteiger partial charge in [0.1, 0.15) is 5.82 Å². The van der Waals surface area contributed by atoms with Gasteiger partial charge in [0.15, 0.2) is 0 Å². The van der Waals surface area contributed by atoms with E-state index in [1.54, 1.807) is 30.9 Å². The van der Waals surface area contributed by atoms with E-state index in [0.29, 0.717) is 32.5 Å². The van der Waals surface area contributed by atoms with E-state index < -0.39 is 5.82 Å². The maximum atomic E-state index is 13.7. The third-order valence-electron chi connectivity index (χ3n) is 3.77. The molecule has 1 aliphatic heterocycles. The summed E-state index contributed by atoms with van der Waals surface area (Å²) in [5.74, 6) is -0.804. The van der Waals surface area contributed by atoms with Crippen LogP contribution < -0.4 is 5.32 Å². The number of anilines is 1. The number of carbonyl (C=O) groups excluding carboxylic acids is 2. The first-order chi connectivity index (χ1) is 10.5. The van der Waals surface area contributed by atoms with Crippen molar-refractivity contribution in [3.05, 3.63) is 29.6 Å². The molecule has 22 heavy (non-hydrogen) atoms. The van der Waals surface area contributed by atoms with Gasteiger partial charge < -0.3 is 15.0 Å². The molecule has 5 nitrogen and oxygen atoms in total. The molecule has 0 spiro atoms. The molecule has 1 N–H and O–H groups in total. The molecule has 6 heteroatoms. The van der Waals surface area contributed by atoms with Crippen molar-refractivity contribution in [2.75, 3.05) is 25.0 Å². The Labute approximate surface area is 129 Å². The fourth-order valence-electron chi connectivity index (χ4n) is 2.49. The monoisotopic (exact) mass is 308 g/mol. The van der Waals surface area contributed by atoms with E-state index in [4.69, 9.17) is 4.74 Å². The van der Waals surface area contributed by atoms with E-state index in [-0.39, 0.29) is 23.6 Å². The van der Waals surface area contributed by atoms with E-state index in [1.807, 2.05) is 0 Å². The van der Waals surface area contributed by atoms with Gasteiger partial charge in [-0.1, -0.05) is 6.07 Å². The lowest BCUT2D eigenvalue weighted by Crippen LogP contribution is -2.42. The molecule has 0 unspecified atom stereocenters. The van der Waals surface area contributed by atoms with E-state index in [9.17, 15) is 14.0 Å². The Morgan fingerprint density at radius 2 is 2.05 bits per heavy atom. The number of nitrogens with one attached hydrogen (secondary N) is 1. The van der Waals surface area contributed by atoms with Crippen molar-refractivity contribution in [1.82, 2.24) is 4.90 Å². The smallest absolute Gasteiger partial charge is 0.321 e. The maximum absolute atomic E-state index is 13.7. The van der Waals surface area contributed by atoms with Crippen molar-refractivity contribution in [2.24, 2.45) is 5.92 Å². The van der Waals surface area contributed by atoms with E-state index in [2.05, 4.69) is 5.32 Å². The lowest BCUT2D eigenvalue weighted by molar-refractivity contribution is -0.149. The van der Waals surface area contributed by atoms with Gasteiger partial charge in [-0.25, -0.2) is 9.18 Å². The molecule has 1 aromatic carbocycles. The Morgan fingerprint density at radius 3 is 2.64 bits per heavy atom. The zero-order chi connectivity index (χ0) is 16.1. The van der Waals surface area contributed by atoms with E-state index in [1.165, 1.54) is 6.07 Å². The molecule has 2 rings (SSSR count). The summed E-state index contributed by atoms with van der Waals surface area (Å²) in [4.78, 5) is 25.4. The van der Waals surface area contributed by atoms with Gasteiger partial charge >= 0.3 is 12.0 Å². The molecule has 1 heterocycles. The Morgan fingerprint density at radius 1 is 1.36 bits per heavy atom. The number of amides is 2. The van der Waals surface area contributed by atoms with Gasteiger partial charge in [-0.05, 0) is 44.4 Å². The number of aryl methyl sites for hydroxylation is 1. The Bertz CT molecular complexity index is 554. The molecule has 0 aromatic heterocycles. The Hall–Kier alpha value is -2.11. The van der Waals surface area contributed by atoms with E-state index in [0.717, 1.165) is 5.56 Å². The van der Waals surface area contributed by atoms with Crippen molar-refractivity contribution in [1.29, 1.82) is 0 Å². The summed E-state index contributed by atoms with van der Waals surface area (Å²) in [7, 11) is 0. The van der Waals surface area contributed by atoms with Crippen LogP contribution in [-0.4, -0.2) is 36.6 Å². The summed E-state index contributed by atoms with van der Waals surface area (Å²) in [6.45, 7) is 4.85. The molecule has 2 amide bonds. The number of hydrogen-bond acceptors (Lipinski definition) is 3. The quantitative estimate of drug-likeness (QED) is 0.873. The van der Waals surface area contributed by atoms with Gasteiger partial charge in [0, 0.05) is 13.1 Å². The van der Waals surface area contributed by atoms with Gasteiger partial charge in [-0.3, -0.25) is 4.79 Å². The molecular formula is C16H21FN2O3. The fourth-order valence-corrected chi connectivity index (χ4v) is 2.49. The van der Waals surface area contributed by atoms with Crippen LogP contribution in [0, 0.1) is 18.7 Å². The predicted molar refractivity (Wildman–Crippen MR) is 81.1 cm³/mol. The van der Waals surface area contributed by atoms with Crippen LogP contribution in [0.3, 0.4) is 0 Å². The van der Waals surface area contributed by atoms with Gasteiger partial charge in [0.05, 0.1) is 18.2 Å². The second-order valence-corrected chi connectivity index (χ2v) is 5.43. The number of nitrogens with zero attached hydrogens (tertiary/aromatic N) is 1. The summed E-state index contributed by atoms with van der Waals surface area (Å²) in [5, 5.41) is 2.57. The molecule has 0 bridgehead atoms. The highest BCUT2D eigenvalue weighted by Crippen LogP contribution is 2.21. The standard InChI is InChI=1S/C16H21FN2O3/c1-3-22-15(20)12-6-8-19(9-7-12)16(21)18-14-5-4-11(2)10-13(14)17/h4-5,10,12H,3,6-9H2,1-2H3,(H,18,21). The van der Waals surface area contributed by atoms with Crippen molar-refractivity contribution in [3.8, 4) is 0 Å². The third-order valence-corrected chi connectivity index (χ3v) is 3.77. The predicted octanol–water partition coefficient (Wildman–Crippen LogP) is 2.94. The van der Waals surface area contributed by atoms with Crippen LogP contribution in [0.15, 0.2) is 18.2 Å². The van der Waals surface area contributed by atoms with Crippen LogP contribution in [0.2, 0.25) is 0 Å².